The monoisotopic (exact) mass is 552 g/mol. The number of nitro groups is 1. The molecule has 3 amide bonds. The van der Waals surface area contributed by atoms with Gasteiger partial charge in [-0.1, -0.05) is 0 Å². The number of hydrogen-bond acceptors (Lipinski definition) is 6. The first-order valence-electron chi connectivity index (χ1n) is 13.4. The summed E-state index contributed by atoms with van der Waals surface area (Å²) in [5.74, 6) is -1.16. The van der Waals surface area contributed by atoms with Crippen LogP contribution in [0.25, 0.3) is 0 Å². The highest BCUT2D eigenvalue weighted by Crippen LogP contribution is 2.23. The summed E-state index contributed by atoms with van der Waals surface area (Å²) in [6.07, 6.45) is 7.93. The predicted molar refractivity (Wildman–Crippen MR) is 151 cm³/mol. The van der Waals surface area contributed by atoms with Crippen LogP contribution in [-0.2, 0) is 14.1 Å². The highest BCUT2D eigenvalue weighted by atomic mass is 16.6. The topological polar surface area (TPSA) is 148 Å². The molecular weight excluding hydrogens is 516 g/mol. The maximum atomic E-state index is 13.2. The zero-order chi connectivity index (χ0) is 29.0. The molecule has 1 aliphatic rings. The number of rotatable bonds is 11. The van der Waals surface area contributed by atoms with Crippen LogP contribution in [0.5, 0.6) is 0 Å². The molecule has 0 saturated carbocycles. The van der Waals surface area contributed by atoms with E-state index in [1.165, 1.54) is 29.7 Å². The highest BCUT2D eigenvalue weighted by molar-refractivity contribution is 6.07. The van der Waals surface area contributed by atoms with Crippen molar-refractivity contribution < 1.29 is 19.3 Å². The fourth-order valence-electron chi connectivity index (χ4n) is 4.88. The van der Waals surface area contributed by atoms with Crippen molar-refractivity contribution in [3.05, 3.63) is 64.0 Å². The first-order chi connectivity index (χ1) is 19.0. The minimum atomic E-state index is -0.567. The van der Waals surface area contributed by atoms with E-state index in [1.807, 2.05) is 13.8 Å². The van der Waals surface area contributed by atoms with Crippen LogP contribution in [0.15, 0.2) is 36.8 Å². The second kappa shape index (κ2) is 12.2. The van der Waals surface area contributed by atoms with Gasteiger partial charge in [0.2, 0.25) is 0 Å². The Morgan fingerprint density at radius 2 is 1.45 bits per heavy atom. The number of aromatic nitrogens is 3. The van der Waals surface area contributed by atoms with Gasteiger partial charge in [0.25, 0.3) is 23.4 Å². The summed E-state index contributed by atoms with van der Waals surface area (Å²) in [6, 6.07) is 4.27. The molecule has 0 aromatic carbocycles. The van der Waals surface area contributed by atoms with Crippen LogP contribution in [-0.4, -0.2) is 67.4 Å². The molecule has 0 bridgehead atoms. The fraction of sp³-hybridized carbons (Fsp3) is 0.444. The quantitative estimate of drug-likeness (QED) is 0.189. The first kappa shape index (κ1) is 28.6. The summed E-state index contributed by atoms with van der Waals surface area (Å²) in [4.78, 5) is 51.6. The Hall–Kier alpha value is -4.39. The van der Waals surface area contributed by atoms with Gasteiger partial charge in [-0.2, -0.15) is 0 Å². The largest absolute Gasteiger partial charge is 0.351 e. The van der Waals surface area contributed by atoms with Gasteiger partial charge >= 0.3 is 0 Å². The summed E-state index contributed by atoms with van der Waals surface area (Å²) in [6.45, 7) is 7.60. The lowest BCUT2D eigenvalue weighted by molar-refractivity contribution is -0.384. The normalized spacial score (nSPS) is 13.5. The minimum absolute atomic E-state index is 0.0970. The number of amides is 3. The lowest BCUT2D eigenvalue weighted by atomic mass is 10.3. The molecule has 0 unspecified atom stereocenters. The van der Waals surface area contributed by atoms with Gasteiger partial charge in [0.1, 0.15) is 17.1 Å². The average molecular weight is 553 g/mol. The summed E-state index contributed by atoms with van der Waals surface area (Å²) < 4.78 is 4.75. The predicted octanol–water partition coefficient (Wildman–Crippen LogP) is 3.37. The van der Waals surface area contributed by atoms with E-state index in [2.05, 4.69) is 20.9 Å². The van der Waals surface area contributed by atoms with Crippen molar-refractivity contribution in [2.45, 2.75) is 39.2 Å². The van der Waals surface area contributed by atoms with E-state index in [9.17, 15) is 24.5 Å². The second-order valence-electron chi connectivity index (χ2n) is 10.4. The summed E-state index contributed by atoms with van der Waals surface area (Å²) >= 11 is 0. The second-order valence-corrected chi connectivity index (χ2v) is 10.4. The lowest BCUT2D eigenvalue weighted by Gasteiger charge is -2.14. The number of likely N-dealkylation sites (tertiary alicyclic amines) is 1. The Morgan fingerprint density at radius 1 is 0.875 bits per heavy atom. The Morgan fingerprint density at radius 3 is 2.08 bits per heavy atom. The van der Waals surface area contributed by atoms with Crippen LogP contribution in [0, 0.1) is 10.1 Å². The van der Waals surface area contributed by atoms with Crippen LogP contribution < -0.4 is 16.0 Å². The molecule has 13 heteroatoms. The van der Waals surface area contributed by atoms with Gasteiger partial charge in [-0.25, -0.2) is 0 Å². The summed E-state index contributed by atoms with van der Waals surface area (Å²) in [7, 11) is 3.29. The summed E-state index contributed by atoms with van der Waals surface area (Å²) in [5.41, 5.74) is 1.49. The molecule has 3 N–H and O–H groups in total. The van der Waals surface area contributed by atoms with Crippen LogP contribution in [0.2, 0.25) is 0 Å². The molecule has 13 nitrogen and oxygen atoms in total. The van der Waals surface area contributed by atoms with E-state index in [1.54, 1.807) is 47.8 Å². The minimum Gasteiger partial charge on any atom is -0.351 e. The van der Waals surface area contributed by atoms with Gasteiger partial charge in [-0.05, 0) is 64.9 Å². The molecule has 0 radical (unpaired) electrons. The molecule has 0 spiro atoms. The molecular formula is C27H36N8O5. The molecule has 1 saturated heterocycles. The smallest absolute Gasteiger partial charge is 0.287 e. The number of carbonyl (C=O) groups is 3. The molecule has 3 aromatic rings. The van der Waals surface area contributed by atoms with Gasteiger partial charge in [-0.3, -0.25) is 24.5 Å². The lowest BCUT2D eigenvalue weighted by Crippen LogP contribution is -2.29. The molecule has 1 fully saturated rings. The molecule has 3 aromatic heterocycles. The van der Waals surface area contributed by atoms with E-state index < -0.39 is 16.7 Å². The Bertz CT molecular complexity index is 1410. The molecule has 1 aliphatic heterocycles. The van der Waals surface area contributed by atoms with Crippen molar-refractivity contribution >= 4 is 34.8 Å². The SMILES string of the molecule is CC(C)n1cc(NC(=O)c2cc([N+](=O)[O-])cn2C)cc1C(=O)Nc1cc(C(=O)NCCCN2CCCC2)n(C)c1. The number of anilines is 2. The van der Waals surface area contributed by atoms with Gasteiger partial charge in [0.05, 0.1) is 22.5 Å². The van der Waals surface area contributed by atoms with Gasteiger partial charge in [0.15, 0.2) is 0 Å². The van der Waals surface area contributed by atoms with E-state index in [0.717, 1.165) is 26.1 Å². The Kier molecular flexibility index (Phi) is 8.73. The molecule has 40 heavy (non-hydrogen) atoms. The van der Waals surface area contributed by atoms with E-state index in [-0.39, 0.29) is 23.3 Å². The van der Waals surface area contributed by atoms with Crippen molar-refractivity contribution in [2.75, 3.05) is 36.8 Å². The number of nitrogens with zero attached hydrogens (tertiary/aromatic N) is 5. The van der Waals surface area contributed by atoms with Crippen molar-refractivity contribution in [2.24, 2.45) is 14.1 Å². The van der Waals surface area contributed by atoms with Gasteiger partial charge in [0, 0.05) is 45.1 Å². The Balaban J connectivity index is 1.40. The van der Waals surface area contributed by atoms with Crippen molar-refractivity contribution in [1.82, 2.24) is 23.9 Å². The first-order valence-corrected chi connectivity index (χ1v) is 13.4. The van der Waals surface area contributed by atoms with Crippen LogP contribution in [0.1, 0.15) is 70.6 Å². The number of carbonyl (C=O) groups excluding carboxylic acids is 3. The highest BCUT2D eigenvalue weighted by Gasteiger charge is 2.22. The van der Waals surface area contributed by atoms with Gasteiger partial charge in [-0.15, -0.1) is 0 Å². The number of nitrogens with one attached hydrogen (secondary N) is 3. The maximum absolute atomic E-state index is 13.2. The fourth-order valence-corrected chi connectivity index (χ4v) is 4.88. The molecule has 4 heterocycles. The number of hydrogen-bond donors (Lipinski definition) is 3. The zero-order valence-electron chi connectivity index (χ0n) is 23.3. The van der Waals surface area contributed by atoms with E-state index in [4.69, 9.17) is 0 Å². The van der Waals surface area contributed by atoms with Crippen molar-refractivity contribution in [1.29, 1.82) is 0 Å². The molecule has 0 aliphatic carbocycles. The molecule has 0 atom stereocenters. The van der Waals surface area contributed by atoms with Crippen LogP contribution in [0.3, 0.4) is 0 Å². The summed E-state index contributed by atoms with van der Waals surface area (Å²) in [5, 5.41) is 19.5. The van der Waals surface area contributed by atoms with Crippen LogP contribution in [0.4, 0.5) is 17.1 Å². The molecule has 214 valence electrons. The third kappa shape index (κ3) is 6.60. The van der Waals surface area contributed by atoms with E-state index >= 15 is 0 Å². The third-order valence-corrected chi connectivity index (χ3v) is 6.96. The van der Waals surface area contributed by atoms with Crippen molar-refractivity contribution in [3.8, 4) is 0 Å². The van der Waals surface area contributed by atoms with E-state index in [0.29, 0.717) is 29.3 Å². The Labute approximate surface area is 232 Å². The number of aryl methyl sites for hydroxylation is 2. The van der Waals surface area contributed by atoms with Crippen molar-refractivity contribution in [3.63, 3.8) is 0 Å². The van der Waals surface area contributed by atoms with Gasteiger partial charge < -0.3 is 34.6 Å². The zero-order valence-corrected chi connectivity index (χ0v) is 23.3. The molecule has 4 rings (SSSR count). The maximum Gasteiger partial charge on any atom is 0.287 e. The van der Waals surface area contributed by atoms with Crippen LogP contribution >= 0.6 is 0 Å². The third-order valence-electron chi connectivity index (χ3n) is 6.96. The average Bonchev–Trinajstić information content (AvgIpc) is 3.68. The standard InChI is InChI=1S/C27H36N8O5/c1-18(2)34-16-20(30-26(37)23-14-21(35(39)40)17-32(23)4)13-24(34)27(38)29-19-12-22(31(3)15-19)25(36)28-8-7-11-33-9-5-6-10-33/h12-18H,5-11H2,1-4H3,(H,28,36)(H,29,38)(H,30,37).